The fourth-order valence-corrected chi connectivity index (χ4v) is 2.10. The normalized spacial score (nSPS) is 20.3. The number of amides is 1. The second-order valence-electron chi connectivity index (χ2n) is 3.70. The van der Waals surface area contributed by atoms with E-state index in [9.17, 15) is 4.79 Å². The quantitative estimate of drug-likeness (QED) is 0.474. The topological polar surface area (TPSA) is 20.1 Å². The lowest BCUT2D eigenvalue weighted by atomic mass is 9.95. The molecule has 1 rings (SSSR count). The predicted octanol–water partition coefficient (Wildman–Crippen LogP) is 2.36. The van der Waals surface area contributed by atoms with Crippen LogP contribution in [0.1, 0.15) is 52.4 Å². The molecule has 0 atom stereocenters. The third-order valence-electron chi connectivity index (χ3n) is 2.84. The van der Waals surface area contributed by atoms with Crippen LogP contribution in [-0.2, 0) is 4.79 Å². The molecule has 74 valence electrons. The van der Waals surface area contributed by atoms with Crippen molar-refractivity contribution in [1.82, 2.24) is 0 Å². The Kier molecular flexibility index (Phi) is 4.13. The molecule has 0 aromatic heterocycles. The Bertz CT molecular complexity index is 202. The van der Waals surface area contributed by atoms with Crippen molar-refractivity contribution in [3.8, 4) is 0 Å². The Balaban J connectivity index is 2.60. The molecule has 1 saturated carbocycles. The molecule has 0 spiro atoms. The zero-order valence-electron chi connectivity index (χ0n) is 8.75. The van der Waals surface area contributed by atoms with Crippen LogP contribution in [0, 0.1) is 0 Å². The maximum Gasteiger partial charge on any atom is 0.386 e. The Morgan fingerprint density at radius 1 is 1.38 bits per heavy atom. The number of carbonyl (C=O) groups excluding carboxylic acids is 1. The van der Waals surface area contributed by atoms with Crippen LogP contribution in [0.3, 0.4) is 0 Å². The summed E-state index contributed by atoms with van der Waals surface area (Å²) in [7, 11) is 0. The van der Waals surface area contributed by atoms with E-state index in [1.54, 1.807) is 0 Å². The lowest BCUT2D eigenvalue weighted by Crippen LogP contribution is -2.33. The SMILES string of the molecule is CC=[N+](C(=O)CC)C1CCCCC1. The van der Waals surface area contributed by atoms with Crippen LogP contribution in [0.4, 0.5) is 0 Å². The maximum absolute atomic E-state index is 11.5. The van der Waals surface area contributed by atoms with Crippen molar-refractivity contribution >= 4 is 12.1 Å². The highest BCUT2D eigenvalue weighted by Gasteiger charge is 2.27. The summed E-state index contributed by atoms with van der Waals surface area (Å²) in [6.07, 6.45) is 8.86. The minimum absolute atomic E-state index is 0.273. The van der Waals surface area contributed by atoms with Gasteiger partial charge in [0.25, 0.3) is 0 Å². The first-order valence-corrected chi connectivity index (χ1v) is 5.40. The summed E-state index contributed by atoms with van der Waals surface area (Å²) in [4.78, 5) is 11.5. The lowest BCUT2D eigenvalue weighted by Gasteiger charge is -2.18. The molecule has 1 amide bonds. The molecule has 2 nitrogen and oxygen atoms in total. The lowest BCUT2D eigenvalue weighted by molar-refractivity contribution is -0.489. The van der Waals surface area contributed by atoms with Gasteiger partial charge in [0, 0.05) is 19.8 Å². The zero-order valence-corrected chi connectivity index (χ0v) is 8.75. The first-order chi connectivity index (χ1) is 6.29. The van der Waals surface area contributed by atoms with Crippen LogP contribution in [-0.4, -0.2) is 22.7 Å². The highest BCUT2D eigenvalue weighted by molar-refractivity contribution is 5.71. The monoisotopic (exact) mass is 182 g/mol. The Labute approximate surface area is 80.6 Å². The van der Waals surface area contributed by atoms with E-state index in [-0.39, 0.29) is 5.91 Å². The smallest absolute Gasteiger partial charge is 0.220 e. The molecule has 0 radical (unpaired) electrons. The molecular weight excluding hydrogens is 162 g/mol. The summed E-state index contributed by atoms with van der Waals surface area (Å²) < 4.78 is 1.94. The van der Waals surface area contributed by atoms with Crippen LogP contribution in [0.25, 0.3) is 0 Å². The predicted molar refractivity (Wildman–Crippen MR) is 54.2 cm³/mol. The summed E-state index contributed by atoms with van der Waals surface area (Å²) in [5, 5.41) is 0. The summed E-state index contributed by atoms with van der Waals surface area (Å²) in [5.41, 5.74) is 0. The second kappa shape index (κ2) is 5.15. The van der Waals surface area contributed by atoms with Crippen LogP contribution in [0.2, 0.25) is 0 Å². The fourth-order valence-electron chi connectivity index (χ4n) is 2.10. The van der Waals surface area contributed by atoms with Gasteiger partial charge in [0.15, 0.2) is 6.04 Å². The minimum Gasteiger partial charge on any atom is -0.220 e. The van der Waals surface area contributed by atoms with Gasteiger partial charge < -0.3 is 0 Å². The molecule has 0 bridgehead atoms. The van der Waals surface area contributed by atoms with Crippen LogP contribution >= 0.6 is 0 Å². The molecule has 0 heterocycles. The van der Waals surface area contributed by atoms with E-state index < -0.39 is 0 Å². The van der Waals surface area contributed by atoms with Gasteiger partial charge in [-0.3, -0.25) is 0 Å². The number of rotatable bonds is 2. The molecule has 0 aliphatic heterocycles. The summed E-state index contributed by atoms with van der Waals surface area (Å²) >= 11 is 0. The number of carbonyl (C=O) groups is 1. The van der Waals surface area contributed by atoms with Crippen LogP contribution < -0.4 is 0 Å². The van der Waals surface area contributed by atoms with Crippen LogP contribution in [0.5, 0.6) is 0 Å². The summed E-state index contributed by atoms with van der Waals surface area (Å²) in [6, 6.07) is 0.492. The van der Waals surface area contributed by atoms with Gasteiger partial charge in [0.2, 0.25) is 0 Å². The zero-order chi connectivity index (χ0) is 9.68. The highest BCUT2D eigenvalue weighted by Crippen LogP contribution is 2.20. The fraction of sp³-hybridized carbons (Fsp3) is 0.818. The van der Waals surface area contributed by atoms with Crippen molar-refractivity contribution in [1.29, 1.82) is 0 Å². The number of hydrogen-bond acceptors (Lipinski definition) is 1. The van der Waals surface area contributed by atoms with Gasteiger partial charge in [-0.05, 0) is 12.8 Å². The molecule has 0 aromatic rings. The molecule has 1 aliphatic rings. The van der Waals surface area contributed by atoms with Crippen molar-refractivity contribution in [3.05, 3.63) is 0 Å². The molecule has 0 unspecified atom stereocenters. The van der Waals surface area contributed by atoms with E-state index in [2.05, 4.69) is 0 Å². The van der Waals surface area contributed by atoms with Gasteiger partial charge in [-0.2, -0.15) is 4.58 Å². The largest absolute Gasteiger partial charge is 0.386 e. The average molecular weight is 182 g/mol. The van der Waals surface area contributed by atoms with Gasteiger partial charge in [-0.25, -0.2) is 4.79 Å². The van der Waals surface area contributed by atoms with Gasteiger partial charge >= 0.3 is 5.91 Å². The molecule has 1 fully saturated rings. The summed E-state index contributed by atoms with van der Waals surface area (Å²) in [5.74, 6) is 0.273. The molecule has 2 heteroatoms. The van der Waals surface area contributed by atoms with E-state index in [1.165, 1.54) is 32.1 Å². The first kappa shape index (κ1) is 10.4. The molecule has 13 heavy (non-hydrogen) atoms. The van der Waals surface area contributed by atoms with E-state index in [1.807, 2.05) is 24.6 Å². The Morgan fingerprint density at radius 3 is 2.46 bits per heavy atom. The molecule has 0 aromatic carbocycles. The van der Waals surface area contributed by atoms with Crippen molar-refractivity contribution in [2.75, 3.05) is 0 Å². The van der Waals surface area contributed by atoms with Gasteiger partial charge in [0.1, 0.15) is 6.21 Å². The molecule has 0 N–H and O–H groups in total. The van der Waals surface area contributed by atoms with Gasteiger partial charge in [0.05, 0.1) is 6.42 Å². The van der Waals surface area contributed by atoms with Crippen molar-refractivity contribution in [2.24, 2.45) is 0 Å². The van der Waals surface area contributed by atoms with Crippen LogP contribution in [0.15, 0.2) is 0 Å². The molecule has 1 aliphatic carbocycles. The molecular formula is C11H20NO+. The second-order valence-corrected chi connectivity index (χ2v) is 3.70. The average Bonchev–Trinajstić information content (AvgIpc) is 2.20. The number of nitrogens with zero attached hydrogens (tertiary/aromatic N) is 1. The van der Waals surface area contributed by atoms with Gasteiger partial charge in [-0.15, -0.1) is 0 Å². The van der Waals surface area contributed by atoms with Gasteiger partial charge in [-0.1, -0.05) is 13.3 Å². The highest BCUT2D eigenvalue weighted by atomic mass is 16.2. The first-order valence-electron chi connectivity index (χ1n) is 5.40. The Morgan fingerprint density at radius 2 is 2.00 bits per heavy atom. The third kappa shape index (κ3) is 2.64. The third-order valence-corrected chi connectivity index (χ3v) is 2.84. The summed E-state index contributed by atoms with van der Waals surface area (Å²) in [6.45, 7) is 3.89. The number of hydrogen-bond donors (Lipinski definition) is 0. The van der Waals surface area contributed by atoms with E-state index in [0.29, 0.717) is 12.5 Å². The van der Waals surface area contributed by atoms with Crippen molar-refractivity contribution < 1.29 is 9.37 Å². The van der Waals surface area contributed by atoms with E-state index in [0.717, 1.165) is 0 Å². The molecule has 0 saturated heterocycles. The Hall–Kier alpha value is -0.660. The van der Waals surface area contributed by atoms with E-state index >= 15 is 0 Å². The van der Waals surface area contributed by atoms with Crippen molar-refractivity contribution in [3.63, 3.8) is 0 Å². The minimum atomic E-state index is 0.273. The van der Waals surface area contributed by atoms with Crippen molar-refractivity contribution in [2.45, 2.75) is 58.4 Å². The standard InChI is InChI=1S/C11H20NO/c1-3-11(13)12(4-2)10-8-6-5-7-9-10/h4,10H,3,5-9H2,1-2H3/q+1. The maximum atomic E-state index is 11.5. The van der Waals surface area contributed by atoms with E-state index in [4.69, 9.17) is 0 Å².